The van der Waals surface area contributed by atoms with Crippen molar-refractivity contribution in [2.75, 3.05) is 13.4 Å². The summed E-state index contributed by atoms with van der Waals surface area (Å²) in [6.07, 6.45) is -8.72. The minimum atomic E-state index is -4.92. The van der Waals surface area contributed by atoms with Gasteiger partial charge in [-0.15, -0.1) is 4.91 Å². The maximum absolute atomic E-state index is 13.4. The van der Waals surface area contributed by atoms with Crippen molar-refractivity contribution in [3.8, 4) is 5.75 Å². The first kappa shape index (κ1) is 23.3. The Morgan fingerprint density at radius 3 is 2.60 bits per heavy atom. The molecule has 1 aromatic carbocycles. The monoisotopic (exact) mass is 453 g/mol. The highest BCUT2D eigenvalue weighted by molar-refractivity contribution is 6.30. The van der Waals surface area contributed by atoms with E-state index in [1.165, 1.54) is 26.0 Å². The Kier molecular flexibility index (Phi) is 7.48. The molecule has 30 heavy (non-hydrogen) atoms. The van der Waals surface area contributed by atoms with Gasteiger partial charge in [0.2, 0.25) is 12.9 Å². The molecule has 1 aromatic rings. The van der Waals surface area contributed by atoms with E-state index in [1.54, 1.807) is 0 Å². The van der Waals surface area contributed by atoms with Crippen molar-refractivity contribution in [2.45, 2.75) is 32.2 Å². The highest BCUT2D eigenvalue weighted by atomic mass is 35.5. The zero-order valence-electron chi connectivity index (χ0n) is 15.5. The number of fused-ring (bicyclic) bond motifs is 1. The molecule has 0 saturated heterocycles. The second kappa shape index (κ2) is 9.65. The number of hydrogen-bond acceptors (Lipinski definition) is 9. The van der Waals surface area contributed by atoms with Crippen molar-refractivity contribution in [3.63, 3.8) is 0 Å². The summed E-state index contributed by atoms with van der Waals surface area (Å²) in [5.74, 6) is -1.49. The Morgan fingerprint density at radius 1 is 1.27 bits per heavy atom. The average molecular weight is 454 g/mol. The first-order chi connectivity index (χ1) is 14.0. The fourth-order valence-electron chi connectivity index (χ4n) is 2.40. The number of halogens is 4. The van der Waals surface area contributed by atoms with Crippen LogP contribution in [0.15, 0.2) is 23.0 Å². The van der Waals surface area contributed by atoms with E-state index in [2.05, 4.69) is 24.4 Å². The molecule has 2 rings (SSSR count). The largest absolute Gasteiger partial charge is 0.511 e. The van der Waals surface area contributed by atoms with Crippen LogP contribution in [0.1, 0.15) is 18.1 Å². The SMILES string of the molecule is Cc1cc(Cl)cc2c1O[C@H](C(F)(F)F)C(C(=O)OCOC(=O)OCC(C)ON=O)=C2. The van der Waals surface area contributed by atoms with Gasteiger partial charge in [0, 0.05) is 10.6 Å². The minimum Gasteiger partial charge on any atom is -0.475 e. The summed E-state index contributed by atoms with van der Waals surface area (Å²) in [7, 11) is 0. The first-order valence-corrected chi connectivity index (χ1v) is 8.61. The van der Waals surface area contributed by atoms with Gasteiger partial charge < -0.3 is 23.8 Å². The maximum Gasteiger partial charge on any atom is 0.511 e. The Labute approximate surface area is 172 Å². The molecule has 9 nitrogen and oxygen atoms in total. The third kappa shape index (κ3) is 5.99. The Balaban J connectivity index is 2.05. The van der Waals surface area contributed by atoms with Crippen LogP contribution in [0.5, 0.6) is 5.75 Å². The van der Waals surface area contributed by atoms with E-state index in [9.17, 15) is 27.7 Å². The van der Waals surface area contributed by atoms with Crippen LogP contribution < -0.4 is 4.74 Å². The highest BCUT2D eigenvalue weighted by Crippen LogP contribution is 2.40. The molecule has 0 radical (unpaired) electrons. The number of hydrogen-bond donors (Lipinski definition) is 0. The fourth-order valence-corrected chi connectivity index (χ4v) is 2.68. The molecule has 0 bridgehead atoms. The van der Waals surface area contributed by atoms with Crippen molar-refractivity contribution in [1.29, 1.82) is 0 Å². The van der Waals surface area contributed by atoms with Gasteiger partial charge in [0.25, 0.3) is 0 Å². The van der Waals surface area contributed by atoms with E-state index in [-0.39, 0.29) is 16.3 Å². The third-order valence-electron chi connectivity index (χ3n) is 3.66. The fraction of sp³-hybridized carbons (Fsp3) is 0.412. The summed E-state index contributed by atoms with van der Waals surface area (Å²) in [5, 5.41) is 2.37. The van der Waals surface area contributed by atoms with Crippen molar-refractivity contribution < 1.29 is 46.5 Å². The van der Waals surface area contributed by atoms with Gasteiger partial charge in [-0.25, -0.2) is 9.59 Å². The Morgan fingerprint density at radius 2 is 1.97 bits per heavy atom. The van der Waals surface area contributed by atoms with Crippen LogP contribution in [-0.4, -0.2) is 43.9 Å². The lowest BCUT2D eigenvalue weighted by atomic mass is 9.99. The molecule has 0 N–H and O–H groups in total. The Hall–Kier alpha value is -3.02. The number of benzene rings is 1. The summed E-state index contributed by atoms with van der Waals surface area (Å²) < 4.78 is 58.7. The number of esters is 1. The highest BCUT2D eigenvalue weighted by Gasteiger charge is 2.49. The van der Waals surface area contributed by atoms with Gasteiger partial charge in [-0.2, -0.15) is 13.2 Å². The second-order valence-electron chi connectivity index (χ2n) is 6.03. The molecule has 1 unspecified atom stereocenters. The van der Waals surface area contributed by atoms with Crippen molar-refractivity contribution in [3.05, 3.63) is 38.8 Å². The van der Waals surface area contributed by atoms with Gasteiger partial charge in [-0.1, -0.05) is 11.6 Å². The quantitative estimate of drug-likeness (QED) is 0.263. The van der Waals surface area contributed by atoms with E-state index in [0.29, 0.717) is 5.56 Å². The molecule has 0 aliphatic carbocycles. The third-order valence-corrected chi connectivity index (χ3v) is 3.87. The van der Waals surface area contributed by atoms with Crippen molar-refractivity contribution in [2.24, 2.45) is 5.34 Å². The minimum absolute atomic E-state index is 0.0701. The van der Waals surface area contributed by atoms with Gasteiger partial charge in [-0.05, 0) is 37.6 Å². The molecule has 0 saturated carbocycles. The predicted molar refractivity (Wildman–Crippen MR) is 94.4 cm³/mol. The van der Waals surface area contributed by atoms with Gasteiger partial charge in [-0.3, -0.25) is 0 Å². The maximum atomic E-state index is 13.4. The van der Waals surface area contributed by atoms with E-state index in [0.717, 1.165) is 6.08 Å². The molecule has 1 heterocycles. The number of ether oxygens (including phenoxy) is 4. The number of aryl methyl sites for hydroxylation is 1. The summed E-state index contributed by atoms with van der Waals surface area (Å²) in [4.78, 5) is 37.6. The molecule has 2 atom stereocenters. The summed E-state index contributed by atoms with van der Waals surface area (Å²) in [6, 6.07) is 2.75. The summed E-state index contributed by atoms with van der Waals surface area (Å²) in [5.41, 5.74) is -0.345. The molecular formula is C17H15ClF3NO8. The molecule has 0 aromatic heterocycles. The van der Waals surface area contributed by atoms with Crippen LogP contribution >= 0.6 is 11.6 Å². The van der Waals surface area contributed by atoms with Crippen LogP contribution in [0, 0.1) is 11.8 Å². The lowest BCUT2D eigenvalue weighted by Crippen LogP contribution is -2.41. The van der Waals surface area contributed by atoms with E-state index >= 15 is 0 Å². The lowest BCUT2D eigenvalue weighted by Gasteiger charge is -2.28. The van der Waals surface area contributed by atoms with Gasteiger partial charge >= 0.3 is 18.3 Å². The number of nitrogens with zero attached hydrogens (tertiary/aromatic N) is 1. The van der Waals surface area contributed by atoms with E-state index < -0.39 is 49.5 Å². The van der Waals surface area contributed by atoms with E-state index in [1.807, 2.05) is 0 Å². The molecule has 13 heteroatoms. The molecule has 0 amide bonds. The lowest BCUT2D eigenvalue weighted by molar-refractivity contribution is -0.189. The van der Waals surface area contributed by atoms with Crippen LogP contribution in [-0.2, 0) is 23.8 Å². The van der Waals surface area contributed by atoms with Crippen molar-refractivity contribution >= 4 is 29.8 Å². The number of rotatable bonds is 7. The van der Waals surface area contributed by atoms with Gasteiger partial charge in [0.15, 0.2) is 11.4 Å². The normalized spacial score (nSPS) is 16.3. The van der Waals surface area contributed by atoms with Crippen LogP contribution in [0.25, 0.3) is 6.08 Å². The van der Waals surface area contributed by atoms with Crippen molar-refractivity contribution in [1.82, 2.24) is 0 Å². The van der Waals surface area contributed by atoms with Crippen LogP contribution in [0.2, 0.25) is 5.02 Å². The molecule has 164 valence electrons. The smallest absolute Gasteiger partial charge is 0.475 e. The zero-order chi connectivity index (χ0) is 22.5. The standard InChI is InChI=1S/C17H15ClF3NO8/c1-8-3-11(18)4-10-5-12(14(17(19,20)21)29-13(8)10)15(23)27-7-28-16(24)26-6-9(2)30-22-25/h3-5,9,14H,6-7H2,1-2H3/t9?,14-/m0/s1. The first-order valence-electron chi connectivity index (χ1n) is 8.23. The molecule has 0 fully saturated rings. The zero-order valence-corrected chi connectivity index (χ0v) is 16.3. The number of carbonyl (C=O) groups excluding carboxylic acids is 2. The molecule has 1 aliphatic rings. The average Bonchev–Trinajstić information content (AvgIpc) is 2.64. The predicted octanol–water partition coefficient (Wildman–Crippen LogP) is 4.10. The van der Waals surface area contributed by atoms with Gasteiger partial charge in [0.05, 0.1) is 5.57 Å². The molecular weight excluding hydrogens is 439 g/mol. The number of alkyl halides is 3. The molecule has 1 aliphatic heterocycles. The van der Waals surface area contributed by atoms with Crippen LogP contribution in [0.3, 0.4) is 0 Å². The second-order valence-corrected chi connectivity index (χ2v) is 6.46. The van der Waals surface area contributed by atoms with Gasteiger partial charge in [0.1, 0.15) is 12.4 Å². The topological polar surface area (TPSA) is 110 Å². The summed E-state index contributed by atoms with van der Waals surface area (Å²) >= 11 is 5.90. The Bertz CT molecular complexity index is 858. The summed E-state index contributed by atoms with van der Waals surface area (Å²) in [6.45, 7) is 1.45. The van der Waals surface area contributed by atoms with Crippen LogP contribution in [0.4, 0.5) is 18.0 Å². The van der Waals surface area contributed by atoms with E-state index in [4.69, 9.17) is 16.3 Å². The molecule has 0 spiro atoms. The number of carbonyl (C=O) groups is 2.